The maximum atomic E-state index is 4.87. The van der Waals surface area contributed by atoms with E-state index < -0.39 is 0 Å². The zero-order chi connectivity index (χ0) is 25.1. The third-order valence-electron chi connectivity index (χ3n) is 7.29. The highest BCUT2D eigenvalue weighted by Crippen LogP contribution is 2.34. The highest BCUT2D eigenvalue weighted by molar-refractivity contribution is 6.10. The minimum Gasteiger partial charge on any atom is -0.306 e. The summed E-state index contributed by atoms with van der Waals surface area (Å²) in [5.41, 5.74) is 7.28. The molecule has 0 aliphatic rings. The lowest BCUT2D eigenvalue weighted by atomic mass is 10.1. The summed E-state index contributed by atoms with van der Waals surface area (Å²) in [5, 5.41) is 4.71. The lowest BCUT2D eigenvalue weighted by Crippen LogP contribution is -2.03. The van der Waals surface area contributed by atoms with Crippen molar-refractivity contribution in [3.63, 3.8) is 0 Å². The van der Waals surface area contributed by atoms with E-state index in [2.05, 4.69) is 100 Å². The summed E-state index contributed by atoms with van der Waals surface area (Å²) in [6, 6.07) is 37.7. The first-order valence-electron chi connectivity index (χ1n) is 12.6. The first-order chi connectivity index (χ1) is 18.9. The molecule has 0 aliphatic heterocycles. The van der Waals surface area contributed by atoms with Gasteiger partial charge in [-0.2, -0.15) is 0 Å². The van der Waals surface area contributed by atoms with Crippen molar-refractivity contribution in [2.75, 3.05) is 0 Å². The molecule has 4 heterocycles. The smallest absolute Gasteiger partial charge is 0.234 e. The molecular weight excluding hydrogens is 466 g/mol. The SMILES string of the molecule is c1ccc(-c2cc3c4ccccc4n(-c4ncc(-n5c6ccccc6c6ccccc65)cn4)c3cn2)cc1. The predicted molar refractivity (Wildman–Crippen MR) is 154 cm³/mol. The van der Waals surface area contributed by atoms with E-state index in [-0.39, 0.29) is 0 Å². The van der Waals surface area contributed by atoms with Gasteiger partial charge in [0.25, 0.3) is 0 Å². The van der Waals surface area contributed by atoms with Crippen molar-refractivity contribution < 1.29 is 0 Å². The normalized spacial score (nSPS) is 11.7. The maximum Gasteiger partial charge on any atom is 0.234 e. The van der Waals surface area contributed by atoms with E-state index in [4.69, 9.17) is 15.0 Å². The van der Waals surface area contributed by atoms with Gasteiger partial charge in [0, 0.05) is 27.1 Å². The van der Waals surface area contributed by atoms with Gasteiger partial charge in [0.2, 0.25) is 5.95 Å². The van der Waals surface area contributed by atoms with Gasteiger partial charge in [-0.15, -0.1) is 0 Å². The van der Waals surface area contributed by atoms with Crippen LogP contribution in [0.1, 0.15) is 0 Å². The van der Waals surface area contributed by atoms with Gasteiger partial charge in [-0.25, -0.2) is 9.97 Å². The largest absolute Gasteiger partial charge is 0.306 e. The van der Waals surface area contributed by atoms with Crippen LogP contribution in [-0.2, 0) is 0 Å². The fourth-order valence-corrected chi connectivity index (χ4v) is 5.60. The Kier molecular flexibility index (Phi) is 4.45. The van der Waals surface area contributed by atoms with Crippen molar-refractivity contribution in [2.45, 2.75) is 0 Å². The number of para-hydroxylation sites is 3. The molecule has 0 fully saturated rings. The standard InChI is InChI=1S/C33H21N5/c1-2-10-22(11-3-1)28-18-27-26-14-6-9-17-31(26)38(32(27)21-34-28)33-35-19-23(20-36-33)37-29-15-7-4-12-24(29)25-13-5-8-16-30(25)37/h1-21H. The summed E-state index contributed by atoms with van der Waals surface area (Å²) in [5.74, 6) is 0.620. The monoisotopic (exact) mass is 487 g/mol. The van der Waals surface area contributed by atoms with Crippen LogP contribution in [-0.4, -0.2) is 24.1 Å². The number of rotatable bonds is 3. The number of nitrogens with zero attached hydrogens (tertiary/aromatic N) is 5. The molecule has 4 aromatic heterocycles. The minimum absolute atomic E-state index is 0.620. The first-order valence-corrected chi connectivity index (χ1v) is 12.6. The Labute approximate surface area is 218 Å². The molecule has 5 heteroatoms. The zero-order valence-electron chi connectivity index (χ0n) is 20.4. The summed E-state index contributed by atoms with van der Waals surface area (Å²) in [6.07, 6.45) is 5.75. The van der Waals surface area contributed by atoms with E-state index >= 15 is 0 Å². The molecular formula is C33H21N5. The Hall–Kier alpha value is -5.29. The molecule has 0 N–H and O–H groups in total. The van der Waals surface area contributed by atoms with Crippen LogP contribution in [0.4, 0.5) is 0 Å². The van der Waals surface area contributed by atoms with Crippen molar-refractivity contribution in [2.24, 2.45) is 0 Å². The average Bonchev–Trinajstić information content (AvgIpc) is 3.50. The number of hydrogen-bond donors (Lipinski definition) is 0. The van der Waals surface area contributed by atoms with Crippen molar-refractivity contribution in [3.05, 3.63) is 128 Å². The molecule has 8 rings (SSSR count). The first kappa shape index (κ1) is 20.9. The lowest BCUT2D eigenvalue weighted by Gasteiger charge is -2.09. The van der Waals surface area contributed by atoms with Crippen LogP contribution in [0.3, 0.4) is 0 Å². The van der Waals surface area contributed by atoms with Crippen LogP contribution in [0.25, 0.3) is 66.5 Å². The molecule has 0 radical (unpaired) electrons. The molecule has 0 saturated heterocycles. The van der Waals surface area contributed by atoms with Crippen LogP contribution >= 0.6 is 0 Å². The summed E-state index contributed by atoms with van der Waals surface area (Å²) in [7, 11) is 0. The second-order valence-electron chi connectivity index (χ2n) is 9.42. The van der Waals surface area contributed by atoms with Gasteiger partial charge in [-0.3, -0.25) is 9.55 Å². The van der Waals surface area contributed by atoms with Gasteiger partial charge in [-0.1, -0.05) is 84.9 Å². The number of fused-ring (bicyclic) bond motifs is 6. The molecule has 5 nitrogen and oxygen atoms in total. The van der Waals surface area contributed by atoms with Crippen molar-refractivity contribution in [1.29, 1.82) is 0 Å². The summed E-state index contributed by atoms with van der Waals surface area (Å²) < 4.78 is 4.33. The van der Waals surface area contributed by atoms with E-state index in [1.165, 1.54) is 10.8 Å². The van der Waals surface area contributed by atoms with E-state index in [9.17, 15) is 0 Å². The molecule has 38 heavy (non-hydrogen) atoms. The quantitative estimate of drug-likeness (QED) is 0.256. The topological polar surface area (TPSA) is 48.5 Å². The second-order valence-corrected chi connectivity index (χ2v) is 9.42. The van der Waals surface area contributed by atoms with Crippen LogP contribution in [0, 0.1) is 0 Å². The predicted octanol–water partition coefficient (Wildman–Crippen LogP) is 7.73. The number of hydrogen-bond acceptors (Lipinski definition) is 3. The molecule has 178 valence electrons. The molecule has 4 aromatic carbocycles. The van der Waals surface area contributed by atoms with Gasteiger partial charge in [0.15, 0.2) is 0 Å². The highest BCUT2D eigenvalue weighted by atomic mass is 15.2. The molecule has 0 amide bonds. The zero-order valence-corrected chi connectivity index (χ0v) is 20.4. The highest BCUT2D eigenvalue weighted by Gasteiger charge is 2.17. The Morgan fingerprint density at radius 1 is 0.421 bits per heavy atom. The average molecular weight is 488 g/mol. The van der Waals surface area contributed by atoms with Crippen molar-refractivity contribution in [1.82, 2.24) is 24.1 Å². The Balaban J connectivity index is 1.32. The van der Waals surface area contributed by atoms with Crippen LogP contribution in [0.15, 0.2) is 128 Å². The fraction of sp³-hybridized carbons (Fsp3) is 0. The van der Waals surface area contributed by atoms with Crippen LogP contribution < -0.4 is 0 Å². The van der Waals surface area contributed by atoms with Crippen LogP contribution in [0.5, 0.6) is 0 Å². The van der Waals surface area contributed by atoms with E-state index in [1.807, 2.05) is 36.8 Å². The molecule has 8 aromatic rings. The number of benzene rings is 4. The Bertz CT molecular complexity index is 2070. The summed E-state index contributed by atoms with van der Waals surface area (Å²) in [6.45, 7) is 0. The Morgan fingerprint density at radius 2 is 0.947 bits per heavy atom. The molecule has 0 spiro atoms. The second kappa shape index (κ2) is 8.11. The Morgan fingerprint density at radius 3 is 1.58 bits per heavy atom. The van der Waals surface area contributed by atoms with Gasteiger partial charge >= 0.3 is 0 Å². The van der Waals surface area contributed by atoms with Crippen molar-refractivity contribution >= 4 is 43.6 Å². The van der Waals surface area contributed by atoms with Crippen LogP contribution in [0.2, 0.25) is 0 Å². The van der Waals surface area contributed by atoms with Gasteiger partial charge < -0.3 is 4.57 Å². The fourth-order valence-electron chi connectivity index (χ4n) is 5.60. The van der Waals surface area contributed by atoms with E-state index in [1.54, 1.807) is 0 Å². The van der Waals surface area contributed by atoms with Gasteiger partial charge in [0.05, 0.1) is 52.0 Å². The number of pyridine rings is 1. The maximum absolute atomic E-state index is 4.87. The van der Waals surface area contributed by atoms with E-state index in [0.29, 0.717) is 5.95 Å². The van der Waals surface area contributed by atoms with E-state index in [0.717, 1.165) is 49.8 Å². The lowest BCUT2D eigenvalue weighted by molar-refractivity contribution is 0.966. The molecule has 0 aliphatic carbocycles. The third-order valence-corrected chi connectivity index (χ3v) is 7.29. The van der Waals surface area contributed by atoms with Gasteiger partial charge in [-0.05, 0) is 24.3 Å². The molecule has 0 atom stereocenters. The summed E-state index contributed by atoms with van der Waals surface area (Å²) >= 11 is 0. The summed E-state index contributed by atoms with van der Waals surface area (Å²) in [4.78, 5) is 14.6. The third kappa shape index (κ3) is 3.02. The molecule has 0 bridgehead atoms. The number of aromatic nitrogens is 5. The molecule has 0 unspecified atom stereocenters. The van der Waals surface area contributed by atoms with Gasteiger partial charge in [0.1, 0.15) is 0 Å². The minimum atomic E-state index is 0.620. The molecule has 0 saturated carbocycles. The van der Waals surface area contributed by atoms with Crippen molar-refractivity contribution in [3.8, 4) is 22.9 Å².